The van der Waals surface area contributed by atoms with E-state index in [1.807, 2.05) is 19.0 Å². The molecule has 0 aromatic rings. The number of halogens is 2. The smallest absolute Gasteiger partial charge is 0.0806 e. The van der Waals surface area contributed by atoms with Gasteiger partial charge in [-0.05, 0) is 14.1 Å². The molecule has 0 rings (SSSR count). The Morgan fingerprint density at radius 2 is 1.78 bits per heavy atom. The summed E-state index contributed by atoms with van der Waals surface area (Å²) in [6.07, 6.45) is 0. The first kappa shape index (κ1) is 16.2. The van der Waals surface area contributed by atoms with Crippen molar-refractivity contribution in [3.63, 3.8) is 0 Å². The molecule has 0 saturated heterocycles. The molecule has 0 aliphatic heterocycles. The van der Waals surface area contributed by atoms with Crippen LogP contribution in [0.25, 0.3) is 0 Å². The van der Waals surface area contributed by atoms with Gasteiger partial charge in [0.05, 0.1) is 6.61 Å². The molecule has 0 radical (unpaired) electrons. The quantitative estimate of drug-likeness (QED) is 0.629. The molecule has 0 aliphatic rings. The van der Waals surface area contributed by atoms with E-state index in [4.69, 9.17) is 5.90 Å². The van der Waals surface area contributed by atoms with Crippen molar-refractivity contribution < 1.29 is 4.84 Å². The van der Waals surface area contributed by atoms with Crippen molar-refractivity contribution in [1.82, 2.24) is 4.90 Å². The van der Waals surface area contributed by atoms with Gasteiger partial charge in [-0.25, -0.2) is 5.90 Å². The van der Waals surface area contributed by atoms with Gasteiger partial charge in [0.25, 0.3) is 0 Å². The van der Waals surface area contributed by atoms with Gasteiger partial charge in [0.2, 0.25) is 0 Å². The lowest BCUT2D eigenvalue weighted by Crippen LogP contribution is -2.19. The van der Waals surface area contributed by atoms with E-state index >= 15 is 0 Å². The second kappa shape index (κ2) is 11.3. The lowest BCUT2D eigenvalue weighted by Gasteiger charge is -2.05. The van der Waals surface area contributed by atoms with Gasteiger partial charge in [-0.1, -0.05) is 0 Å². The Morgan fingerprint density at radius 3 is 1.89 bits per heavy atom. The number of nitrogens with two attached hydrogens (primary N) is 1. The van der Waals surface area contributed by atoms with E-state index in [0.29, 0.717) is 6.61 Å². The maximum atomic E-state index is 4.75. The Kier molecular flexibility index (Phi) is 20.3. The molecule has 0 aliphatic carbocycles. The average molecular weight is 177 g/mol. The molecule has 0 amide bonds. The van der Waals surface area contributed by atoms with Crippen LogP contribution in [-0.4, -0.2) is 32.1 Å². The molecule has 0 aromatic heterocycles. The fraction of sp³-hybridized carbons (Fsp3) is 1.00. The number of likely N-dealkylation sites (N-methyl/N-ethyl adjacent to an activating group) is 1. The minimum atomic E-state index is 0. The van der Waals surface area contributed by atoms with Crippen molar-refractivity contribution in [2.24, 2.45) is 5.90 Å². The Morgan fingerprint density at radius 1 is 1.33 bits per heavy atom. The van der Waals surface area contributed by atoms with Gasteiger partial charge in [0.1, 0.15) is 0 Å². The van der Waals surface area contributed by atoms with Crippen molar-refractivity contribution in [1.29, 1.82) is 0 Å². The van der Waals surface area contributed by atoms with Gasteiger partial charge in [0.15, 0.2) is 0 Å². The maximum absolute atomic E-state index is 4.75. The SMILES string of the molecule is CN(C)CCON.Cl.Cl. The molecule has 0 fully saturated rings. The van der Waals surface area contributed by atoms with E-state index in [-0.39, 0.29) is 24.8 Å². The summed E-state index contributed by atoms with van der Waals surface area (Å²) < 4.78 is 0. The Bertz CT molecular complexity index is 45.5. The van der Waals surface area contributed by atoms with Crippen LogP contribution < -0.4 is 5.90 Å². The molecule has 0 saturated carbocycles. The highest BCUT2D eigenvalue weighted by Gasteiger charge is 1.84. The average Bonchev–Trinajstić information content (AvgIpc) is 1.61. The third-order valence-corrected chi connectivity index (χ3v) is 0.656. The largest absolute Gasteiger partial charge is 0.307 e. The van der Waals surface area contributed by atoms with E-state index in [9.17, 15) is 0 Å². The number of hydrogen-bond donors (Lipinski definition) is 1. The summed E-state index contributed by atoms with van der Waals surface area (Å²) in [5.74, 6) is 4.75. The fourth-order valence-electron chi connectivity index (χ4n) is 0.235. The highest BCUT2D eigenvalue weighted by atomic mass is 35.5. The molecule has 60 valence electrons. The van der Waals surface area contributed by atoms with Gasteiger partial charge in [-0.15, -0.1) is 24.8 Å². The van der Waals surface area contributed by atoms with Crippen molar-refractivity contribution in [2.75, 3.05) is 27.2 Å². The highest BCUT2D eigenvalue weighted by molar-refractivity contribution is 5.85. The van der Waals surface area contributed by atoms with E-state index in [0.717, 1.165) is 6.54 Å². The summed E-state index contributed by atoms with van der Waals surface area (Å²) in [6.45, 7) is 1.49. The monoisotopic (exact) mass is 176 g/mol. The molecule has 5 heteroatoms. The maximum Gasteiger partial charge on any atom is 0.0806 e. The molecule has 9 heavy (non-hydrogen) atoms. The molecule has 0 aromatic carbocycles. The van der Waals surface area contributed by atoms with E-state index in [1.165, 1.54) is 0 Å². The van der Waals surface area contributed by atoms with Crippen molar-refractivity contribution in [2.45, 2.75) is 0 Å². The van der Waals surface area contributed by atoms with Gasteiger partial charge >= 0.3 is 0 Å². The zero-order chi connectivity index (χ0) is 5.70. The first-order valence-electron chi connectivity index (χ1n) is 2.24. The van der Waals surface area contributed by atoms with Crippen LogP contribution in [0.1, 0.15) is 0 Å². The Balaban J connectivity index is -0.000000180. The van der Waals surface area contributed by atoms with Crippen LogP contribution in [0.5, 0.6) is 0 Å². The van der Waals surface area contributed by atoms with E-state index in [2.05, 4.69) is 4.84 Å². The predicted octanol–water partition coefficient (Wildman–Crippen LogP) is 0.282. The molecule has 0 unspecified atom stereocenters. The number of hydrogen-bond acceptors (Lipinski definition) is 3. The van der Waals surface area contributed by atoms with Crippen LogP contribution in [0.15, 0.2) is 0 Å². The van der Waals surface area contributed by atoms with Crippen LogP contribution in [0.4, 0.5) is 0 Å². The van der Waals surface area contributed by atoms with Gasteiger partial charge in [-0.2, -0.15) is 0 Å². The molecular weight excluding hydrogens is 163 g/mol. The molecule has 0 atom stereocenters. The van der Waals surface area contributed by atoms with Crippen LogP contribution >= 0.6 is 24.8 Å². The van der Waals surface area contributed by atoms with Gasteiger partial charge in [0, 0.05) is 6.54 Å². The molecule has 2 N–H and O–H groups in total. The lowest BCUT2D eigenvalue weighted by molar-refractivity contribution is 0.120. The Hall–Kier alpha value is 0.460. The Labute approximate surface area is 68.3 Å². The van der Waals surface area contributed by atoms with Crippen LogP contribution in [0.2, 0.25) is 0 Å². The summed E-state index contributed by atoms with van der Waals surface area (Å²) in [5.41, 5.74) is 0. The van der Waals surface area contributed by atoms with Crippen LogP contribution in [-0.2, 0) is 4.84 Å². The van der Waals surface area contributed by atoms with Gasteiger partial charge in [-0.3, -0.25) is 0 Å². The molecule has 0 spiro atoms. The summed E-state index contributed by atoms with van der Waals surface area (Å²) in [7, 11) is 3.94. The van der Waals surface area contributed by atoms with Crippen molar-refractivity contribution in [3.8, 4) is 0 Å². The van der Waals surface area contributed by atoms with Crippen LogP contribution in [0, 0.1) is 0 Å². The van der Waals surface area contributed by atoms with Crippen molar-refractivity contribution in [3.05, 3.63) is 0 Å². The molecule has 3 nitrogen and oxygen atoms in total. The first-order chi connectivity index (χ1) is 3.27. The third-order valence-electron chi connectivity index (χ3n) is 0.656. The van der Waals surface area contributed by atoms with Crippen molar-refractivity contribution >= 4 is 24.8 Å². The number of nitrogens with zero attached hydrogens (tertiary/aromatic N) is 1. The number of rotatable bonds is 3. The normalized spacial score (nSPS) is 8.00. The minimum absolute atomic E-state index is 0. The molecule has 0 heterocycles. The van der Waals surface area contributed by atoms with E-state index < -0.39 is 0 Å². The summed E-state index contributed by atoms with van der Waals surface area (Å²) in [6, 6.07) is 0. The summed E-state index contributed by atoms with van der Waals surface area (Å²) in [5, 5.41) is 0. The highest BCUT2D eigenvalue weighted by Crippen LogP contribution is 1.70. The standard InChI is InChI=1S/C4H12N2O.2ClH/c1-6(2)3-4-7-5;;/h3-5H2,1-2H3;2*1H. The van der Waals surface area contributed by atoms with E-state index in [1.54, 1.807) is 0 Å². The third kappa shape index (κ3) is 17.7. The first-order valence-corrected chi connectivity index (χ1v) is 2.24. The predicted molar refractivity (Wildman–Crippen MR) is 43.2 cm³/mol. The van der Waals surface area contributed by atoms with Crippen LogP contribution in [0.3, 0.4) is 0 Å². The summed E-state index contributed by atoms with van der Waals surface area (Å²) >= 11 is 0. The topological polar surface area (TPSA) is 38.5 Å². The summed E-state index contributed by atoms with van der Waals surface area (Å²) in [4.78, 5) is 6.32. The zero-order valence-electron chi connectivity index (χ0n) is 5.66. The zero-order valence-corrected chi connectivity index (χ0v) is 7.30. The second-order valence-corrected chi connectivity index (χ2v) is 1.67. The second-order valence-electron chi connectivity index (χ2n) is 1.67. The fourth-order valence-corrected chi connectivity index (χ4v) is 0.235. The van der Waals surface area contributed by atoms with Gasteiger partial charge < -0.3 is 9.74 Å². The minimum Gasteiger partial charge on any atom is -0.307 e. The molecule has 0 bridgehead atoms. The molecular formula is C4H14Cl2N2O. The lowest BCUT2D eigenvalue weighted by atomic mass is 10.6.